The Balaban J connectivity index is 2.43. The van der Waals surface area contributed by atoms with Gasteiger partial charge in [-0.25, -0.2) is 8.42 Å². The minimum Gasteiger partial charge on any atom is -0.398 e. The summed E-state index contributed by atoms with van der Waals surface area (Å²) in [6.45, 7) is 1.85. The van der Waals surface area contributed by atoms with Crippen LogP contribution in [0.5, 0.6) is 0 Å². The van der Waals surface area contributed by atoms with E-state index < -0.39 is 10.0 Å². The predicted octanol–water partition coefficient (Wildman–Crippen LogP) is 3.03. The minimum absolute atomic E-state index is 0.0348. The Hall–Kier alpha value is -1.72. The maximum absolute atomic E-state index is 12.2. The Morgan fingerprint density at radius 3 is 2.53 bits per heavy atom. The summed E-state index contributed by atoms with van der Waals surface area (Å²) in [5.74, 6) is 0. The molecule has 3 N–H and O–H groups in total. The highest BCUT2D eigenvalue weighted by Crippen LogP contribution is 2.27. The first-order valence-electron chi connectivity index (χ1n) is 5.53. The molecule has 6 heteroatoms. The molecule has 2 rings (SSSR count). The zero-order valence-corrected chi connectivity index (χ0v) is 11.8. The van der Waals surface area contributed by atoms with Gasteiger partial charge in [0, 0.05) is 0 Å². The number of hydrogen-bond donors (Lipinski definition) is 2. The second-order valence-corrected chi connectivity index (χ2v) is 6.18. The summed E-state index contributed by atoms with van der Waals surface area (Å²) in [4.78, 5) is 0.0348. The number of sulfonamides is 1. The van der Waals surface area contributed by atoms with Crippen LogP contribution in [0.1, 0.15) is 5.56 Å². The van der Waals surface area contributed by atoms with Crippen molar-refractivity contribution < 1.29 is 8.42 Å². The number of nitrogen functional groups attached to an aromatic ring is 1. The van der Waals surface area contributed by atoms with Crippen LogP contribution in [-0.2, 0) is 10.0 Å². The van der Waals surface area contributed by atoms with E-state index in [1.54, 1.807) is 30.3 Å². The van der Waals surface area contributed by atoms with Gasteiger partial charge in [0.15, 0.2) is 0 Å². The molecule has 0 unspecified atom stereocenters. The topological polar surface area (TPSA) is 72.2 Å². The fraction of sp³-hybridized carbons (Fsp3) is 0.0769. The van der Waals surface area contributed by atoms with E-state index in [1.807, 2.05) is 6.92 Å². The van der Waals surface area contributed by atoms with E-state index in [9.17, 15) is 8.42 Å². The van der Waals surface area contributed by atoms with E-state index >= 15 is 0 Å². The van der Waals surface area contributed by atoms with Crippen LogP contribution < -0.4 is 10.5 Å². The summed E-state index contributed by atoms with van der Waals surface area (Å²) < 4.78 is 26.9. The van der Waals surface area contributed by atoms with Gasteiger partial charge in [-0.2, -0.15) is 0 Å². The number of nitrogens with two attached hydrogens (primary N) is 1. The molecule has 0 fully saturated rings. The zero-order chi connectivity index (χ0) is 14.0. The van der Waals surface area contributed by atoms with Gasteiger partial charge in [-0.15, -0.1) is 0 Å². The van der Waals surface area contributed by atoms with Crippen molar-refractivity contribution in [2.24, 2.45) is 0 Å². The molecule has 0 radical (unpaired) electrons. The van der Waals surface area contributed by atoms with Gasteiger partial charge in [-0.05, 0) is 36.8 Å². The van der Waals surface area contributed by atoms with Crippen molar-refractivity contribution in [3.8, 4) is 0 Å². The van der Waals surface area contributed by atoms with Crippen molar-refractivity contribution in [2.45, 2.75) is 11.8 Å². The average molecular weight is 297 g/mol. The third-order valence-electron chi connectivity index (χ3n) is 2.57. The van der Waals surface area contributed by atoms with Crippen LogP contribution in [0, 0.1) is 6.92 Å². The number of anilines is 2. The monoisotopic (exact) mass is 296 g/mol. The van der Waals surface area contributed by atoms with Crippen LogP contribution >= 0.6 is 11.6 Å². The summed E-state index contributed by atoms with van der Waals surface area (Å²) in [5.41, 5.74) is 7.11. The average Bonchev–Trinajstić information content (AvgIpc) is 2.34. The van der Waals surface area contributed by atoms with E-state index in [2.05, 4.69) is 4.72 Å². The molecule has 2 aromatic rings. The number of nitrogens with one attached hydrogen (secondary N) is 1. The molecular weight excluding hydrogens is 284 g/mol. The molecule has 0 aliphatic rings. The lowest BCUT2D eigenvalue weighted by Crippen LogP contribution is -2.15. The van der Waals surface area contributed by atoms with E-state index in [0.717, 1.165) is 5.56 Å². The molecular formula is C13H13ClN2O2S. The van der Waals surface area contributed by atoms with E-state index in [0.29, 0.717) is 10.7 Å². The molecule has 2 aromatic carbocycles. The molecule has 0 saturated carbocycles. The summed E-state index contributed by atoms with van der Waals surface area (Å²) in [6.07, 6.45) is 0. The fourth-order valence-electron chi connectivity index (χ4n) is 1.64. The van der Waals surface area contributed by atoms with Crippen LogP contribution in [0.4, 0.5) is 11.4 Å². The molecule has 0 aromatic heterocycles. The number of rotatable bonds is 3. The molecule has 4 nitrogen and oxygen atoms in total. The fourth-order valence-corrected chi connectivity index (χ4v) is 3.07. The summed E-state index contributed by atoms with van der Waals surface area (Å²) in [7, 11) is -3.74. The first-order chi connectivity index (χ1) is 8.90. The van der Waals surface area contributed by atoms with Crippen LogP contribution in [0.3, 0.4) is 0 Å². The molecule has 0 atom stereocenters. The van der Waals surface area contributed by atoms with Gasteiger partial charge in [0.05, 0.1) is 16.4 Å². The molecule has 19 heavy (non-hydrogen) atoms. The van der Waals surface area contributed by atoms with Gasteiger partial charge < -0.3 is 5.73 Å². The molecule has 0 spiro atoms. The van der Waals surface area contributed by atoms with E-state index in [4.69, 9.17) is 17.3 Å². The number of benzene rings is 2. The van der Waals surface area contributed by atoms with Crippen molar-refractivity contribution in [2.75, 3.05) is 10.5 Å². The Kier molecular flexibility index (Phi) is 3.68. The van der Waals surface area contributed by atoms with Gasteiger partial charge >= 0.3 is 0 Å². The van der Waals surface area contributed by atoms with Crippen molar-refractivity contribution in [1.29, 1.82) is 0 Å². The summed E-state index contributed by atoms with van der Waals surface area (Å²) in [6, 6.07) is 11.4. The summed E-state index contributed by atoms with van der Waals surface area (Å²) >= 11 is 5.97. The lowest BCUT2D eigenvalue weighted by atomic mass is 10.2. The number of para-hydroxylation sites is 1. The van der Waals surface area contributed by atoms with Gasteiger partial charge in [0.2, 0.25) is 0 Å². The third kappa shape index (κ3) is 3.00. The standard InChI is InChI=1S/C13H13ClN2O2S/c1-9-6-7-10(14)12(8-9)16-19(17,18)13-5-3-2-4-11(13)15/h2-8,16H,15H2,1H3. The van der Waals surface area contributed by atoms with E-state index in [1.165, 1.54) is 12.1 Å². The molecule has 100 valence electrons. The van der Waals surface area contributed by atoms with Crippen molar-refractivity contribution in [3.05, 3.63) is 53.1 Å². The quantitative estimate of drug-likeness (QED) is 0.855. The normalized spacial score (nSPS) is 11.3. The van der Waals surface area contributed by atoms with Crippen LogP contribution in [0.25, 0.3) is 0 Å². The maximum Gasteiger partial charge on any atom is 0.263 e. The lowest BCUT2D eigenvalue weighted by molar-refractivity contribution is 0.601. The highest BCUT2D eigenvalue weighted by molar-refractivity contribution is 7.92. The van der Waals surface area contributed by atoms with E-state index in [-0.39, 0.29) is 10.6 Å². The smallest absolute Gasteiger partial charge is 0.263 e. The molecule has 0 bridgehead atoms. The largest absolute Gasteiger partial charge is 0.398 e. The Labute approximate surface area is 117 Å². The molecule has 0 aliphatic heterocycles. The van der Waals surface area contributed by atoms with Crippen LogP contribution in [0.2, 0.25) is 5.02 Å². The second-order valence-electron chi connectivity index (χ2n) is 4.13. The van der Waals surface area contributed by atoms with Gasteiger partial charge in [0.25, 0.3) is 10.0 Å². The SMILES string of the molecule is Cc1ccc(Cl)c(NS(=O)(=O)c2ccccc2N)c1. The Bertz CT molecular complexity index is 714. The molecule has 0 saturated heterocycles. The molecule has 0 heterocycles. The highest BCUT2D eigenvalue weighted by atomic mass is 35.5. The molecule has 0 aliphatic carbocycles. The third-order valence-corrected chi connectivity index (χ3v) is 4.34. The number of aryl methyl sites for hydroxylation is 1. The first kappa shape index (κ1) is 13.7. The lowest BCUT2D eigenvalue weighted by Gasteiger charge is -2.11. The second kappa shape index (κ2) is 5.11. The van der Waals surface area contributed by atoms with Gasteiger partial charge in [0.1, 0.15) is 4.90 Å². The molecule has 0 amide bonds. The van der Waals surface area contributed by atoms with Crippen LogP contribution in [-0.4, -0.2) is 8.42 Å². The van der Waals surface area contributed by atoms with Gasteiger partial charge in [-0.3, -0.25) is 4.72 Å². The first-order valence-corrected chi connectivity index (χ1v) is 7.40. The predicted molar refractivity (Wildman–Crippen MR) is 77.9 cm³/mol. The number of hydrogen-bond acceptors (Lipinski definition) is 3. The van der Waals surface area contributed by atoms with Crippen molar-refractivity contribution in [1.82, 2.24) is 0 Å². The number of halogens is 1. The Morgan fingerprint density at radius 1 is 1.16 bits per heavy atom. The van der Waals surface area contributed by atoms with Crippen molar-refractivity contribution in [3.63, 3.8) is 0 Å². The van der Waals surface area contributed by atoms with Gasteiger partial charge in [-0.1, -0.05) is 29.8 Å². The van der Waals surface area contributed by atoms with Crippen molar-refractivity contribution >= 4 is 33.0 Å². The Morgan fingerprint density at radius 2 is 1.84 bits per heavy atom. The zero-order valence-electron chi connectivity index (χ0n) is 10.2. The maximum atomic E-state index is 12.2. The summed E-state index contributed by atoms with van der Waals surface area (Å²) in [5, 5.41) is 0.337. The van der Waals surface area contributed by atoms with Crippen LogP contribution in [0.15, 0.2) is 47.4 Å². The highest BCUT2D eigenvalue weighted by Gasteiger charge is 2.18. The minimum atomic E-state index is -3.74.